The Hall–Kier alpha value is -2.11. The molecule has 1 heterocycles. The number of nitrogens with two attached hydrogens (primary N) is 2. The molecule has 4 N–H and O–H groups in total. The van der Waals surface area contributed by atoms with Gasteiger partial charge in [-0.25, -0.2) is 18.4 Å². The van der Waals surface area contributed by atoms with E-state index in [-0.39, 0.29) is 23.0 Å². The number of halogens is 2. The molecule has 6 heteroatoms. The maximum Gasteiger partial charge on any atom is 0.150 e. The van der Waals surface area contributed by atoms with E-state index < -0.39 is 11.6 Å². The van der Waals surface area contributed by atoms with Crippen molar-refractivity contribution in [3.63, 3.8) is 0 Å². The zero-order valence-corrected chi connectivity index (χ0v) is 11.6. The molecule has 3 rings (SSSR count). The number of aromatic nitrogens is 2. The molecule has 0 saturated heterocycles. The SMILES string of the molecule is Nc1c(-c2cc(F)ccc2F)nc(C2CCCCC2)n1N. The van der Waals surface area contributed by atoms with Gasteiger partial charge in [-0.15, -0.1) is 0 Å². The molecule has 4 nitrogen and oxygen atoms in total. The van der Waals surface area contributed by atoms with Crippen molar-refractivity contribution in [2.24, 2.45) is 0 Å². The summed E-state index contributed by atoms with van der Waals surface area (Å²) < 4.78 is 28.6. The van der Waals surface area contributed by atoms with Crippen LogP contribution >= 0.6 is 0 Å². The van der Waals surface area contributed by atoms with Crippen LogP contribution in [0.5, 0.6) is 0 Å². The first kappa shape index (κ1) is 13.9. The summed E-state index contributed by atoms with van der Waals surface area (Å²) in [6.45, 7) is 0. The van der Waals surface area contributed by atoms with Gasteiger partial charge in [-0.3, -0.25) is 0 Å². The van der Waals surface area contributed by atoms with Crippen LogP contribution in [0.1, 0.15) is 43.8 Å². The van der Waals surface area contributed by atoms with Crippen molar-refractivity contribution < 1.29 is 8.78 Å². The van der Waals surface area contributed by atoms with Gasteiger partial charge < -0.3 is 11.6 Å². The number of nitrogens with zero attached hydrogens (tertiary/aromatic N) is 2. The van der Waals surface area contributed by atoms with E-state index in [4.69, 9.17) is 11.6 Å². The summed E-state index contributed by atoms with van der Waals surface area (Å²) in [6.07, 6.45) is 5.46. The third-order valence-corrected chi connectivity index (χ3v) is 4.13. The highest BCUT2D eigenvalue weighted by Gasteiger charge is 2.25. The van der Waals surface area contributed by atoms with Crippen LogP contribution in [0, 0.1) is 11.6 Å². The molecule has 1 aromatic carbocycles. The van der Waals surface area contributed by atoms with Crippen molar-refractivity contribution in [3.05, 3.63) is 35.7 Å². The van der Waals surface area contributed by atoms with Crippen molar-refractivity contribution in [2.75, 3.05) is 11.6 Å². The summed E-state index contributed by atoms with van der Waals surface area (Å²) in [5, 5.41) is 0. The molecule has 0 radical (unpaired) electrons. The highest BCUT2D eigenvalue weighted by molar-refractivity contribution is 5.71. The van der Waals surface area contributed by atoms with E-state index in [1.54, 1.807) is 0 Å². The lowest BCUT2D eigenvalue weighted by molar-refractivity contribution is 0.424. The van der Waals surface area contributed by atoms with Gasteiger partial charge in [-0.05, 0) is 31.0 Å². The molecule has 1 aromatic heterocycles. The minimum absolute atomic E-state index is 0.0498. The quantitative estimate of drug-likeness (QED) is 0.835. The van der Waals surface area contributed by atoms with Crippen LogP contribution in [0.3, 0.4) is 0 Å². The molecular weight excluding hydrogens is 274 g/mol. The fourth-order valence-electron chi connectivity index (χ4n) is 2.99. The van der Waals surface area contributed by atoms with Gasteiger partial charge in [0.05, 0.1) is 0 Å². The molecule has 0 atom stereocenters. The second-order valence-corrected chi connectivity index (χ2v) is 5.53. The molecule has 21 heavy (non-hydrogen) atoms. The molecular formula is C15H18F2N4. The van der Waals surface area contributed by atoms with Gasteiger partial charge in [0, 0.05) is 11.5 Å². The zero-order valence-electron chi connectivity index (χ0n) is 11.6. The normalized spacial score (nSPS) is 16.3. The predicted octanol–water partition coefficient (Wildman–Crippen LogP) is 3.17. The van der Waals surface area contributed by atoms with E-state index in [2.05, 4.69) is 4.98 Å². The Bertz CT molecular complexity index is 660. The monoisotopic (exact) mass is 292 g/mol. The molecule has 1 aliphatic rings. The minimum atomic E-state index is -0.559. The highest BCUT2D eigenvalue weighted by Crippen LogP contribution is 2.36. The molecule has 0 spiro atoms. The molecule has 1 saturated carbocycles. The number of anilines is 1. The van der Waals surface area contributed by atoms with Crippen molar-refractivity contribution in [1.82, 2.24) is 9.66 Å². The lowest BCUT2D eigenvalue weighted by Gasteiger charge is -2.20. The number of benzene rings is 1. The van der Waals surface area contributed by atoms with Gasteiger partial charge in [0.2, 0.25) is 0 Å². The third-order valence-electron chi connectivity index (χ3n) is 4.13. The van der Waals surface area contributed by atoms with Crippen molar-refractivity contribution in [3.8, 4) is 11.3 Å². The first-order valence-electron chi connectivity index (χ1n) is 7.16. The first-order chi connectivity index (χ1) is 10.1. The summed E-state index contributed by atoms with van der Waals surface area (Å²) in [5.41, 5.74) is 6.21. The van der Waals surface area contributed by atoms with Crippen molar-refractivity contribution in [2.45, 2.75) is 38.0 Å². The van der Waals surface area contributed by atoms with E-state index in [0.29, 0.717) is 5.82 Å². The summed E-state index contributed by atoms with van der Waals surface area (Å²) >= 11 is 0. The maximum absolute atomic E-state index is 13.9. The Labute approximate surface area is 121 Å². The van der Waals surface area contributed by atoms with Gasteiger partial charge in [0.25, 0.3) is 0 Å². The Balaban J connectivity index is 2.05. The van der Waals surface area contributed by atoms with Crippen LogP contribution in [0.4, 0.5) is 14.6 Å². The van der Waals surface area contributed by atoms with Crippen LogP contribution in [-0.2, 0) is 0 Å². The summed E-state index contributed by atoms with van der Waals surface area (Å²) in [4.78, 5) is 4.41. The van der Waals surface area contributed by atoms with Crippen molar-refractivity contribution >= 4 is 5.82 Å². The average molecular weight is 292 g/mol. The predicted molar refractivity (Wildman–Crippen MR) is 78.0 cm³/mol. The molecule has 0 amide bonds. The second-order valence-electron chi connectivity index (χ2n) is 5.53. The summed E-state index contributed by atoms with van der Waals surface area (Å²) in [7, 11) is 0. The molecule has 112 valence electrons. The molecule has 2 aromatic rings. The Morgan fingerprint density at radius 1 is 1.14 bits per heavy atom. The fraction of sp³-hybridized carbons (Fsp3) is 0.400. The lowest BCUT2D eigenvalue weighted by atomic mass is 9.89. The Morgan fingerprint density at radius 3 is 2.57 bits per heavy atom. The van der Waals surface area contributed by atoms with Gasteiger partial charge in [-0.2, -0.15) is 0 Å². The minimum Gasteiger partial charge on any atom is -0.382 e. The number of hydrogen-bond donors (Lipinski definition) is 2. The average Bonchev–Trinajstić information content (AvgIpc) is 2.79. The molecule has 0 unspecified atom stereocenters. The third kappa shape index (κ3) is 2.46. The zero-order chi connectivity index (χ0) is 15.0. The Kier molecular flexibility index (Phi) is 3.53. The summed E-state index contributed by atoms with van der Waals surface area (Å²) in [6, 6.07) is 3.23. The number of imidazole rings is 1. The molecule has 1 aliphatic carbocycles. The number of nitrogen functional groups attached to an aromatic ring is 2. The fourth-order valence-corrected chi connectivity index (χ4v) is 2.99. The molecule has 0 aliphatic heterocycles. The van der Waals surface area contributed by atoms with Crippen LogP contribution in [0.25, 0.3) is 11.3 Å². The topological polar surface area (TPSA) is 69.9 Å². The largest absolute Gasteiger partial charge is 0.382 e. The Morgan fingerprint density at radius 2 is 1.86 bits per heavy atom. The smallest absolute Gasteiger partial charge is 0.150 e. The van der Waals surface area contributed by atoms with Gasteiger partial charge in [0.15, 0.2) is 5.82 Å². The highest BCUT2D eigenvalue weighted by atomic mass is 19.1. The van der Waals surface area contributed by atoms with E-state index in [1.165, 1.54) is 11.1 Å². The number of rotatable bonds is 2. The molecule has 0 bridgehead atoms. The van der Waals surface area contributed by atoms with Crippen LogP contribution in [0.2, 0.25) is 0 Å². The first-order valence-corrected chi connectivity index (χ1v) is 7.16. The van der Waals surface area contributed by atoms with E-state index in [0.717, 1.165) is 43.9 Å². The van der Waals surface area contributed by atoms with Gasteiger partial charge in [-0.1, -0.05) is 19.3 Å². The van der Waals surface area contributed by atoms with E-state index in [9.17, 15) is 8.78 Å². The van der Waals surface area contributed by atoms with Crippen LogP contribution in [0.15, 0.2) is 18.2 Å². The second kappa shape index (κ2) is 5.35. The maximum atomic E-state index is 13.9. The van der Waals surface area contributed by atoms with Crippen LogP contribution < -0.4 is 11.6 Å². The van der Waals surface area contributed by atoms with Gasteiger partial charge >= 0.3 is 0 Å². The number of hydrogen-bond acceptors (Lipinski definition) is 3. The summed E-state index contributed by atoms with van der Waals surface area (Å²) in [5.74, 6) is 5.94. The van der Waals surface area contributed by atoms with Gasteiger partial charge in [0.1, 0.15) is 23.2 Å². The molecule has 1 fully saturated rings. The van der Waals surface area contributed by atoms with Crippen LogP contribution in [-0.4, -0.2) is 9.66 Å². The van der Waals surface area contributed by atoms with E-state index >= 15 is 0 Å². The standard InChI is InChI=1S/C15H18F2N4/c16-10-6-7-12(17)11(8-10)13-14(18)21(19)15(20-13)9-4-2-1-3-5-9/h6-9H,1-5,18-19H2. The van der Waals surface area contributed by atoms with E-state index in [1.807, 2.05) is 0 Å². The van der Waals surface area contributed by atoms with Crippen molar-refractivity contribution in [1.29, 1.82) is 0 Å². The lowest BCUT2D eigenvalue weighted by Crippen LogP contribution is -2.19.